The number of rotatable bonds is 5. The number of halogens is 2. The molecule has 0 aliphatic carbocycles. The van der Waals surface area contributed by atoms with Gasteiger partial charge in [-0.3, -0.25) is 4.79 Å². The number of benzene rings is 1. The Morgan fingerprint density at radius 3 is 2.41 bits per heavy atom. The molecule has 1 aromatic rings. The fourth-order valence-electron chi connectivity index (χ4n) is 1.61. The minimum Gasteiger partial charge on any atom is -0.481 e. The molecule has 0 amide bonds. The van der Waals surface area contributed by atoms with E-state index < -0.39 is 17.6 Å². The Hall–Kier alpha value is -1.71. The van der Waals surface area contributed by atoms with Gasteiger partial charge < -0.3 is 5.11 Å². The van der Waals surface area contributed by atoms with Gasteiger partial charge >= 0.3 is 5.97 Å². The zero-order valence-electron chi connectivity index (χ0n) is 9.54. The summed E-state index contributed by atoms with van der Waals surface area (Å²) < 4.78 is 27.0. The molecule has 1 N–H and O–H groups in total. The van der Waals surface area contributed by atoms with Crippen molar-refractivity contribution >= 4 is 11.5 Å². The molecule has 0 aliphatic heterocycles. The van der Waals surface area contributed by atoms with Crippen LogP contribution in [0.3, 0.4) is 0 Å². The number of hydrogen-bond donors (Lipinski definition) is 1. The topological polar surface area (TPSA) is 37.3 Å². The summed E-state index contributed by atoms with van der Waals surface area (Å²) in [5.74, 6) is -2.33. The number of hydrogen-bond acceptors (Lipinski definition) is 1. The minimum atomic E-state index is -1.02. The Kier molecular flexibility index (Phi) is 4.82. The molecule has 0 bridgehead atoms. The lowest BCUT2D eigenvalue weighted by molar-refractivity contribution is -0.135. The van der Waals surface area contributed by atoms with E-state index >= 15 is 0 Å². The van der Waals surface area contributed by atoms with Crippen molar-refractivity contribution in [2.24, 2.45) is 0 Å². The summed E-state index contributed by atoms with van der Waals surface area (Å²) in [6.45, 7) is 1.87. The van der Waals surface area contributed by atoms with E-state index in [2.05, 4.69) is 0 Å². The van der Waals surface area contributed by atoms with Crippen LogP contribution in [0.25, 0.3) is 5.57 Å². The Balaban J connectivity index is 3.13. The molecule has 0 fully saturated rings. The second-order valence-corrected chi connectivity index (χ2v) is 3.67. The largest absolute Gasteiger partial charge is 0.481 e. The SMILES string of the molecule is CCC/C(=C\CC(=O)O)c1c(F)cccc1F. The molecule has 0 heterocycles. The van der Waals surface area contributed by atoms with E-state index in [1.807, 2.05) is 6.92 Å². The Bertz CT molecular complexity index is 419. The maximum atomic E-state index is 13.5. The molecule has 0 aromatic heterocycles. The van der Waals surface area contributed by atoms with Crippen LogP contribution in [-0.4, -0.2) is 11.1 Å². The molecule has 2 nitrogen and oxygen atoms in total. The van der Waals surface area contributed by atoms with E-state index in [0.717, 1.165) is 0 Å². The fraction of sp³-hybridized carbons (Fsp3) is 0.308. The highest BCUT2D eigenvalue weighted by Crippen LogP contribution is 2.26. The van der Waals surface area contributed by atoms with Gasteiger partial charge in [-0.05, 0) is 24.1 Å². The lowest BCUT2D eigenvalue weighted by atomic mass is 9.99. The van der Waals surface area contributed by atoms with Crippen LogP contribution in [0.4, 0.5) is 8.78 Å². The molecule has 0 saturated carbocycles. The first-order chi connectivity index (χ1) is 8.06. The molecule has 4 heteroatoms. The third-order valence-corrected chi connectivity index (χ3v) is 2.33. The molecule has 0 radical (unpaired) electrons. The molecular formula is C13H14F2O2. The van der Waals surface area contributed by atoms with E-state index in [1.54, 1.807) is 0 Å². The standard InChI is InChI=1S/C13H14F2O2/c1-2-4-9(7-8-12(16)17)13-10(14)5-3-6-11(13)15/h3,5-7H,2,4,8H2,1H3,(H,16,17)/b9-7+. The number of carboxylic acids is 1. The highest BCUT2D eigenvalue weighted by Gasteiger charge is 2.13. The minimum absolute atomic E-state index is 0.115. The van der Waals surface area contributed by atoms with Gasteiger partial charge in [0.2, 0.25) is 0 Å². The molecule has 1 rings (SSSR count). The third kappa shape index (κ3) is 3.66. The van der Waals surface area contributed by atoms with Crippen molar-refractivity contribution in [1.82, 2.24) is 0 Å². The number of allylic oxidation sites excluding steroid dienone is 1. The predicted molar refractivity (Wildman–Crippen MR) is 61.5 cm³/mol. The maximum Gasteiger partial charge on any atom is 0.307 e. The van der Waals surface area contributed by atoms with Crippen LogP contribution in [0.15, 0.2) is 24.3 Å². The summed E-state index contributed by atoms with van der Waals surface area (Å²) in [6, 6.07) is 3.63. The average molecular weight is 240 g/mol. The summed E-state index contributed by atoms with van der Waals surface area (Å²) in [5.41, 5.74) is 0.293. The van der Waals surface area contributed by atoms with Crippen molar-refractivity contribution in [3.63, 3.8) is 0 Å². The van der Waals surface area contributed by atoms with Gasteiger partial charge in [-0.2, -0.15) is 0 Å². The summed E-state index contributed by atoms with van der Waals surface area (Å²) in [7, 11) is 0. The summed E-state index contributed by atoms with van der Waals surface area (Å²) in [4.78, 5) is 10.5. The highest BCUT2D eigenvalue weighted by atomic mass is 19.1. The highest BCUT2D eigenvalue weighted by molar-refractivity contribution is 5.74. The van der Waals surface area contributed by atoms with Crippen LogP contribution in [0.2, 0.25) is 0 Å². The first-order valence-corrected chi connectivity index (χ1v) is 5.41. The van der Waals surface area contributed by atoms with Gasteiger partial charge in [0.25, 0.3) is 0 Å². The molecule has 0 unspecified atom stereocenters. The zero-order chi connectivity index (χ0) is 12.8. The van der Waals surface area contributed by atoms with Crippen LogP contribution in [0, 0.1) is 11.6 Å². The van der Waals surface area contributed by atoms with Gasteiger partial charge in [0.1, 0.15) is 11.6 Å². The molecule has 1 aromatic carbocycles. The summed E-state index contributed by atoms with van der Waals surface area (Å²) in [6.07, 6.45) is 2.28. The van der Waals surface area contributed by atoms with Crippen molar-refractivity contribution in [3.05, 3.63) is 41.5 Å². The fourth-order valence-corrected chi connectivity index (χ4v) is 1.61. The molecule has 0 atom stereocenters. The first-order valence-electron chi connectivity index (χ1n) is 5.41. The van der Waals surface area contributed by atoms with Crippen LogP contribution in [-0.2, 0) is 4.79 Å². The normalized spacial score (nSPS) is 11.6. The van der Waals surface area contributed by atoms with Gasteiger partial charge in [0.05, 0.1) is 6.42 Å². The monoisotopic (exact) mass is 240 g/mol. The third-order valence-electron chi connectivity index (χ3n) is 2.33. The lowest BCUT2D eigenvalue weighted by Crippen LogP contribution is -1.97. The molecule has 0 saturated heterocycles. The van der Waals surface area contributed by atoms with Gasteiger partial charge in [0, 0.05) is 5.56 Å². The summed E-state index contributed by atoms with van der Waals surface area (Å²) in [5, 5.41) is 8.58. The maximum absolute atomic E-state index is 13.5. The Labute approximate surface area is 98.6 Å². The molecular weight excluding hydrogens is 226 g/mol. The quantitative estimate of drug-likeness (QED) is 0.853. The lowest BCUT2D eigenvalue weighted by Gasteiger charge is -2.08. The van der Waals surface area contributed by atoms with Crippen LogP contribution < -0.4 is 0 Å². The van der Waals surface area contributed by atoms with Gasteiger partial charge in [-0.1, -0.05) is 25.5 Å². The van der Waals surface area contributed by atoms with E-state index in [4.69, 9.17) is 5.11 Å². The van der Waals surface area contributed by atoms with Gasteiger partial charge in [-0.25, -0.2) is 8.78 Å². The van der Waals surface area contributed by atoms with Gasteiger partial charge in [-0.15, -0.1) is 0 Å². The van der Waals surface area contributed by atoms with E-state index in [1.165, 1.54) is 24.3 Å². The molecule has 17 heavy (non-hydrogen) atoms. The van der Waals surface area contributed by atoms with Crippen molar-refractivity contribution in [1.29, 1.82) is 0 Å². The van der Waals surface area contributed by atoms with Crippen molar-refractivity contribution in [2.45, 2.75) is 26.2 Å². The average Bonchev–Trinajstić information content (AvgIpc) is 2.25. The van der Waals surface area contributed by atoms with Crippen molar-refractivity contribution in [2.75, 3.05) is 0 Å². The van der Waals surface area contributed by atoms with E-state index in [-0.39, 0.29) is 12.0 Å². The van der Waals surface area contributed by atoms with Crippen LogP contribution >= 0.6 is 0 Å². The second-order valence-electron chi connectivity index (χ2n) is 3.67. The summed E-state index contributed by atoms with van der Waals surface area (Å²) >= 11 is 0. The molecule has 0 aliphatic rings. The van der Waals surface area contributed by atoms with E-state index in [9.17, 15) is 13.6 Å². The number of carbonyl (C=O) groups is 1. The van der Waals surface area contributed by atoms with Crippen LogP contribution in [0.5, 0.6) is 0 Å². The molecule has 0 spiro atoms. The second kappa shape index (κ2) is 6.13. The van der Waals surface area contributed by atoms with Crippen molar-refractivity contribution < 1.29 is 18.7 Å². The number of aliphatic carboxylic acids is 1. The van der Waals surface area contributed by atoms with Crippen LogP contribution in [0.1, 0.15) is 31.7 Å². The van der Waals surface area contributed by atoms with E-state index in [0.29, 0.717) is 18.4 Å². The zero-order valence-corrected chi connectivity index (χ0v) is 9.54. The smallest absolute Gasteiger partial charge is 0.307 e. The predicted octanol–water partition coefficient (Wildman–Crippen LogP) is 3.62. The van der Waals surface area contributed by atoms with Gasteiger partial charge in [0.15, 0.2) is 0 Å². The Morgan fingerprint density at radius 2 is 1.94 bits per heavy atom. The van der Waals surface area contributed by atoms with Crippen molar-refractivity contribution in [3.8, 4) is 0 Å². The Morgan fingerprint density at radius 1 is 1.35 bits per heavy atom. The first kappa shape index (κ1) is 13.4. The number of carboxylic acid groups (broad SMARTS) is 1. The molecule has 92 valence electrons.